The quantitative estimate of drug-likeness (QED) is 0.916. The van der Waals surface area contributed by atoms with E-state index in [1.807, 2.05) is 18.2 Å². The Morgan fingerprint density at radius 2 is 2.05 bits per heavy atom. The molecule has 0 aliphatic heterocycles. The Kier molecular flexibility index (Phi) is 3.47. The fraction of sp³-hybridized carbons (Fsp3) is 0.312. The molecule has 1 heterocycles. The lowest BCUT2D eigenvalue weighted by Crippen LogP contribution is -2.17. The van der Waals surface area contributed by atoms with Gasteiger partial charge in [-0.05, 0) is 60.2 Å². The molecule has 98 valence electrons. The number of hydrogen-bond acceptors (Lipinski definition) is 3. The van der Waals surface area contributed by atoms with Crippen LogP contribution < -0.4 is 10.5 Å². The highest BCUT2D eigenvalue weighted by Gasteiger charge is 2.17. The van der Waals surface area contributed by atoms with Crippen molar-refractivity contribution in [3.05, 3.63) is 59.4 Å². The lowest BCUT2D eigenvalue weighted by atomic mass is 9.88. The molecule has 0 unspecified atom stereocenters. The molecule has 2 N–H and O–H groups in total. The minimum atomic E-state index is 0.160. The number of rotatable bonds is 3. The highest BCUT2D eigenvalue weighted by atomic mass is 16.5. The number of pyridine rings is 1. The van der Waals surface area contributed by atoms with Crippen molar-refractivity contribution in [1.29, 1.82) is 0 Å². The molecule has 3 rings (SSSR count). The van der Waals surface area contributed by atoms with Crippen LogP contribution in [0.1, 0.15) is 35.6 Å². The van der Waals surface area contributed by atoms with Crippen molar-refractivity contribution in [3.8, 4) is 5.75 Å². The van der Waals surface area contributed by atoms with Gasteiger partial charge in [-0.3, -0.25) is 4.98 Å². The molecular weight excluding hydrogens is 236 g/mol. The van der Waals surface area contributed by atoms with Gasteiger partial charge < -0.3 is 10.5 Å². The number of benzene rings is 1. The van der Waals surface area contributed by atoms with Crippen molar-refractivity contribution in [2.75, 3.05) is 0 Å². The number of fused-ring (bicyclic) bond motifs is 1. The molecule has 0 amide bonds. The molecule has 0 saturated carbocycles. The van der Waals surface area contributed by atoms with Crippen LogP contribution in [0.3, 0.4) is 0 Å². The van der Waals surface area contributed by atoms with E-state index in [0.29, 0.717) is 6.61 Å². The van der Waals surface area contributed by atoms with Crippen LogP contribution in [0.5, 0.6) is 5.75 Å². The third kappa shape index (κ3) is 2.76. The smallest absolute Gasteiger partial charge is 0.120 e. The fourth-order valence-electron chi connectivity index (χ4n) is 2.55. The average Bonchev–Trinajstić information content (AvgIpc) is 2.47. The van der Waals surface area contributed by atoms with E-state index >= 15 is 0 Å². The molecular formula is C16H18N2O. The normalized spacial score (nSPS) is 17.8. The van der Waals surface area contributed by atoms with Gasteiger partial charge in [0.2, 0.25) is 0 Å². The average molecular weight is 254 g/mol. The highest BCUT2D eigenvalue weighted by molar-refractivity contribution is 5.39. The second kappa shape index (κ2) is 5.41. The van der Waals surface area contributed by atoms with Crippen molar-refractivity contribution in [3.63, 3.8) is 0 Å². The Labute approximate surface area is 113 Å². The Hall–Kier alpha value is -1.87. The second-order valence-corrected chi connectivity index (χ2v) is 5.00. The molecule has 0 fully saturated rings. The number of nitrogens with two attached hydrogens (primary N) is 1. The van der Waals surface area contributed by atoms with Gasteiger partial charge in [0, 0.05) is 18.4 Å². The largest absolute Gasteiger partial charge is 0.489 e. The minimum absolute atomic E-state index is 0.160. The summed E-state index contributed by atoms with van der Waals surface area (Å²) >= 11 is 0. The first-order valence-electron chi connectivity index (χ1n) is 6.73. The molecule has 1 aliphatic carbocycles. The molecule has 0 bridgehead atoms. The number of hydrogen-bond donors (Lipinski definition) is 1. The highest BCUT2D eigenvalue weighted by Crippen LogP contribution is 2.31. The molecule has 1 aromatic heterocycles. The summed E-state index contributed by atoms with van der Waals surface area (Å²) in [6.45, 7) is 0.566. The zero-order chi connectivity index (χ0) is 13.1. The van der Waals surface area contributed by atoms with Crippen molar-refractivity contribution in [2.45, 2.75) is 31.9 Å². The molecule has 1 aromatic carbocycles. The summed E-state index contributed by atoms with van der Waals surface area (Å²) in [6, 6.07) is 10.4. The SMILES string of the molecule is N[C@@H]1CCCc2ccc(OCc3ccncc3)cc21. The molecule has 19 heavy (non-hydrogen) atoms. The lowest BCUT2D eigenvalue weighted by Gasteiger charge is -2.22. The Morgan fingerprint density at radius 1 is 1.21 bits per heavy atom. The molecule has 0 radical (unpaired) electrons. The first kappa shape index (κ1) is 12.2. The summed E-state index contributed by atoms with van der Waals surface area (Å²) in [4.78, 5) is 4.00. The van der Waals surface area contributed by atoms with Gasteiger partial charge in [0.25, 0.3) is 0 Å². The van der Waals surface area contributed by atoms with Gasteiger partial charge in [0.05, 0.1) is 0 Å². The van der Waals surface area contributed by atoms with Crippen molar-refractivity contribution >= 4 is 0 Å². The van der Waals surface area contributed by atoms with Crippen LogP contribution in [-0.4, -0.2) is 4.98 Å². The predicted molar refractivity (Wildman–Crippen MR) is 74.9 cm³/mol. The summed E-state index contributed by atoms with van der Waals surface area (Å²) < 4.78 is 5.82. The standard InChI is InChI=1S/C16H18N2O/c17-16-3-1-2-13-4-5-14(10-15(13)16)19-11-12-6-8-18-9-7-12/h4-10,16H,1-3,11,17H2/t16-/m1/s1. The summed E-state index contributed by atoms with van der Waals surface area (Å²) in [5, 5.41) is 0. The monoisotopic (exact) mass is 254 g/mol. The van der Waals surface area contributed by atoms with E-state index in [1.165, 1.54) is 17.5 Å². The minimum Gasteiger partial charge on any atom is -0.489 e. The van der Waals surface area contributed by atoms with Crippen LogP contribution in [0, 0.1) is 0 Å². The number of aryl methyl sites for hydroxylation is 1. The molecule has 1 atom stereocenters. The third-order valence-corrected chi connectivity index (χ3v) is 3.63. The van der Waals surface area contributed by atoms with Gasteiger partial charge in [-0.2, -0.15) is 0 Å². The van der Waals surface area contributed by atoms with Gasteiger partial charge in [0.15, 0.2) is 0 Å². The van der Waals surface area contributed by atoms with Crippen molar-refractivity contribution < 1.29 is 4.74 Å². The van der Waals surface area contributed by atoms with E-state index in [4.69, 9.17) is 10.5 Å². The Bertz CT molecular complexity index is 554. The first-order chi connectivity index (χ1) is 9.33. The predicted octanol–water partition coefficient (Wildman–Crippen LogP) is 3.00. The topological polar surface area (TPSA) is 48.1 Å². The maximum atomic E-state index is 6.16. The van der Waals surface area contributed by atoms with E-state index in [-0.39, 0.29) is 6.04 Å². The zero-order valence-electron chi connectivity index (χ0n) is 10.9. The summed E-state index contributed by atoms with van der Waals surface area (Å²) in [7, 11) is 0. The molecule has 3 heteroatoms. The van der Waals surface area contributed by atoms with Crippen LogP contribution in [0.4, 0.5) is 0 Å². The number of nitrogens with zero attached hydrogens (tertiary/aromatic N) is 1. The Balaban J connectivity index is 1.74. The van der Waals surface area contributed by atoms with E-state index < -0.39 is 0 Å². The maximum absolute atomic E-state index is 6.16. The molecule has 1 aliphatic rings. The zero-order valence-corrected chi connectivity index (χ0v) is 10.9. The van der Waals surface area contributed by atoms with Crippen molar-refractivity contribution in [1.82, 2.24) is 4.98 Å². The van der Waals surface area contributed by atoms with E-state index in [2.05, 4.69) is 17.1 Å². The van der Waals surface area contributed by atoms with Crippen LogP contribution in [-0.2, 0) is 13.0 Å². The van der Waals surface area contributed by atoms with Crippen molar-refractivity contribution in [2.24, 2.45) is 5.73 Å². The maximum Gasteiger partial charge on any atom is 0.120 e. The number of ether oxygens (including phenoxy) is 1. The number of aromatic nitrogens is 1. The molecule has 0 spiro atoms. The summed E-state index contributed by atoms with van der Waals surface area (Å²) in [5.74, 6) is 0.896. The van der Waals surface area contributed by atoms with E-state index in [0.717, 1.165) is 24.2 Å². The van der Waals surface area contributed by atoms with Gasteiger partial charge in [0.1, 0.15) is 12.4 Å². The first-order valence-corrected chi connectivity index (χ1v) is 6.73. The second-order valence-electron chi connectivity index (χ2n) is 5.00. The molecule has 2 aromatic rings. The van der Waals surface area contributed by atoms with Crippen LogP contribution in [0.25, 0.3) is 0 Å². The third-order valence-electron chi connectivity index (χ3n) is 3.63. The summed E-state index contributed by atoms with van der Waals surface area (Å²) in [6.07, 6.45) is 6.95. The molecule has 0 saturated heterocycles. The van der Waals surface area contributed by atoms with Crippen LogP contribution >= 0.6 is 0 Å². The summed E-state index contributed by atoms with van der Waals surface area (Å²) in [5.41, 5.74) is 9.90. The van der Waals surface area contributed by atoms with E-state index in [9.17, 15) is 0 Å². The van der Waals surface area contributed by atoms with Gasteiger partial charge >= 0.3 is 0 Å². The van der Waals surface area contributed by atoms with E-state index in [1.54, 1.807) is 12.4 Å². The Morgan fingerprint density at radius 3 is 2.89 bits per heavy atom. The fourth-order valence-corrected chi connectivity index (χ4v) is 2.55. The van der Waals surface area contributed by atoms with Gasteiger partial charge in [-0.1, -0.05) is 6.07 Å². The van der Waals surface area contributed by atoms with Gasteiger partial charge in [-0.15, -0.1) is 0 Å². The van der Waals surface area contributed by atoms with Gasteiger partial charge in [-0.25, -0.2) is 0 Å². The molecule has 3 nitrogen and oxygen atoms in total. The lowest BCUT2D eigenvalue weighted by molar-refractivity contribution is 0.305. The van der Waals surface area contributed by atoms with Crippen LogP contribution in [0.15, 0.2) is 42.7 Å². The van der Waals surface area contributed by atoms with Crippen LogP contribution in [0.2, 0.25) is 0 Å².